The van der Waals surface area contributed by atoms with Gasteiger partial charge in [0.05, 0.1) is 6.20 Å². The van der Waals surface area contributed by atoms with Crippen molar-refractivity contribution >= 4 is 21.9 Å². The van der Waals surface area contributed by atoms with E-state index < -0.39 is 0 Å². The number of para-hydroxylation sites is 1. The van der Waals surface area contributed by atoms with Gasteiger partial charge in [0.1, 0.15) is 5.58 Å². The second kappa shape index (κ2) is 10.5. The third-order valence-electron chi connectivity index (χ3n) is 5.35. The Morgan fingerprint density at radius 2 is 1.53 bits per heavy atom. The number of furan rings is 1. The second-order valence-electron chi connectivity index (χ2n) is 7.71. The number of rotatable bonds is 2. The first-order valence-electron chi connectivity index (χ1n) is 10.7. The number of hydrogen-bond acceptors (Lipinski definition) is 4. The van der Waals surface area contributed by atoms with Crippen LogP contribution in [0.2, 0.25) is 0 Å². The van der Waals surface area contributed by atoms with E-state index in [1.807, 2.05) is 80.7 Å². The van der Waals surface area contributed by atoms with Crippen molar-refractivity contribution in [1.82, 2.24) is 15.0 Å². The minimum absolute atomic E-state index is 0. The van der Waals surface area contributed by atoms with E-state index in [9.17, 15) is 0 Å². The molecule has 169 valence electrons. The summed E-state index contributed by atoms with van der Waals surface area (Å²) in [6.07, 6.45) is 5.38. The number of fused-ring (bicyclic) bond motifs is 3. The zero-order chi connectivity index (χ0) is 22.6. The molecule has 0 amide bonds. The second-order valence-corrected chi connectivity index (χ2v) is 7.71. The Morgan fingerprint density at radius 3 is 2.29 bits per heavy atom. The largest absolute Gasteiger partial charge is 0.455 e. The number of nitrogens with zero attached hydrogens (tertiary/aromatic N) is 3. The first-order chi connectivity index (χ1) is 16.2. The van der Waals surface area contributed by atoms with Crippen LogP contribution in [0.25, 0.3) is 44.5 Å². The van der Waals surface area contributed by atoms with Gasteiger partial charge in [-0.25, -0.2) is 0 Å². The Balaban J connectivity index is 0.000000171. The summed E-state index contributed by atoms with van der Waals surface area (Å²) in [7, 11) is 0. The molecule has 0 saturated carbocycles. The van der Waals surface area contributed by atoms with Gasteiger partial charge in [-0.15, -0.1) is 53.6 Å². The van der Waals surface area contributed by atoms with Gasteiger partial charge in [-0.2, -0.15) is 0 Å². The first kappa shape index (κ1) is 23.5. The normalized spacial score (nSPS) is 10.4. The summed E-state index contributed by atoms with van der Waals surface area (Å²) in [5, 5.41) is 2.18. The molecule has 1 radical (unpaired) electrons. The maximum absolute atomic E-state index is 5.79. The Bertz CT molecular complexity index is 1530. The standard InChI is InChI=1S/C17H11N2O.C12H10N.Ir/c1-11-12(6-4-8-18-11)15-9-14-13-5-2-3-7-16(13)20-17(14)10-19-15;1-10-7-8-12(13-9-10)11-5-3-2-4-6-11;/h2-5,7-10H,1H3;2-5,7-9H,1H3;/q2*-1;. The van der Waals surface area contributed by atoms with Crippen molar-refractivity contribution in [3.8, 4) is 22.5 Å². The summed E-state index contributed by atoms with van der Waals surface area (Å²) in [6, 6.07) is 30.1. The van der Waals surface area contributed by atoms with E-state index in [-0.39, 0.29) is 20.1 Å². The van der Waals surface area contributed by atoms with Crippen LogP contribution in [0.5, 0.6) is 0 Å². The molecule has 0 atom stereocenters. The van der Waals surface area contributed by atoms with Crippen molar-refractivity contribution in [2.24, 2.45) is 0 Å². The molecule has 4 heterocycles. The van der Waals surface area contributed by atoms with Crippen LogP contribution >= 0.6 is 0 Å². The van der Waals surface area contributed by atoms with E-state index in [1.54, 1.807) is 12.4 Å². The van der Waals surface area contributed by atoms with Crippen LogP contribution in [0.1, 0.15) is 11.3 Å². The monoisotopic (exact) mass is 620 g/mol. The maximum atomic E-state index is 5.79. The van der Waals surface area contributed by atoms with E-state index in [0.717, 1.165) is 50.1 Å². The third kappa shape index (κ3) is 4.96. The van der Waals surface area contributed by atoms with Gasteiger partial charge in [-0.1, -0.05) is 49.5 Å². The number of pyridine rings is 3. The fraction of sp³-hybridized carbons (Fsp3) is 0.0690. The molecule has 0 N–H and O–H groups in total. The molecule has 0 unspecified atom stereocenters. The zero-order valence-corrected chi connectivity index (χ0v) is 21.1. The topological polar surface area (TPSA) is 51.8 Å². The molecular weight excluding hydrogens is 599 g/mol. The Morgan fingerprint density at radius 1 is 0.706 bits per heavy atom. The van der Waals surface area contributed by atoms with Crippen molar-refractivity contribution in [3.63, 3.8) is 0 Å². The Hall–Kier alpha value is -3.66. The Kier molecular flexibility index (Phi) is 7.27. The molecule has 5 heteroatoms. The average Bonchev–Trinajstić information content (AvgIpc) is 3.24. The van der Waals surface area contributed by atoms with Crippen LogP contribution in [0.4, 0.5) is 0 Å². The Labute approximate surface area is 212 Å². The molecule has 0 aliphatic rings. The van der Waals surface area contributed by atoms with E-state index in [4.69, 9.17) is 4.42 Å². The fourth-order valence-electron chi connectivity index (χ4n) is 3.65. The molecule has 6 aromatic rings. The first-order valence-corrected chi connectivity index (χ1v) is 10.7. The number of hydrogen-bond donors (Lipinski definition) is 0. The average molecular weight is 620 g/mol. The van der Waals surface area contributed by atoms with E-state index >= 15 is 0 Å². The van der Waals surface area contributed by atoms with E-state index in [1.165, 1.54) is 5.56 Å². The van der Waals surface area contributed by atoms with Gasteiger partial charge in [-0.3, -0.25) is 0 Å². The van der Waals surface area contributed by atoms with Gasteiger partial charge >= 0.3 is 0 Å². The summed E-state index contributed by atoms with van der Waals surface area (Å²) in [6.45, 7) is 4.00. The molecule has 0 bridgehead atoms. The van der Waals surface area contributed by atoms with Crippen molar-refractivity contribution < 1.29 is 24.5 Å². The smallest absolute Gasteiger partial charge is 0.151 e. The quantitative estimate of drug-likeness (QED) is 0.196. The van der Waals surface area contributed by atoms with E-state index in [0.29, 0.717) is 0 Å². The fourth-order valence-corrected chi connectivity index (χ4v) is 3.65. The van der Waals surface area contributed by atoms with Gasteiger partial charge in [0, 0.05) is 37.1 Å². The van der Waals surface area contributed by atoms with Crippen molar-refractivity contribution in [3.05, 3.63) is 115 Å². The zero-order valence-electron chi connectivity index (χ0n) is 18.7. The molecule has 6 rings (SSSR count). The van der Waals surface area contributed by atoms with Crippen LogP contribution in [0.3, 0.4) is 0 Å². The maximum Gasteiger partial charge on any atom is 0.151 e. The van der Waals surface area contributed by atoms with Crippen LogP contribution in [-0.4, -0.2) is 15.0 Å². The van der Waals surface area contributed by atoms with Crippen LogP contribution < -0.4 is 0 Å². The number of benzene rings is 2. The summed E-state index contributed by atoms with van der Waals surface area (Å²) in [4.78, 5) is 13.1. The van der Waals surface area contributed by atoms with Crippen molar-refractivity contribution in [1.29, 1.82) is 0 Å². The molecule has 4 nitrogen and oxygen atoms in total. The molecule has 0 spiro atoms. The predicted octanol–water partition coefficient (Wildman–Crippen LogP) is 7.01. The number of aromatic nitrogens is 3. The summed E-state index contributed by atoms with van der Waals surface area (Å²) >= 11 is 0. The van der Waals surface area contributed by atoms with Gasteiger partial charge in [0.25, 0.3) is 0 Å². The SMILES string of the molecule is Cc1ccc(-c2[c-]cccc2)nc1.Cc1ncc[c-]c1-c1cc2c(cn1)oc1ccccc12.[Ir]. The minimum atomic E-state index is 0. The third-order valence-corrected chi connectivity index (χ3v) is 5.35. The molecule has 2 aromatic carbocycles. The summed E-state index contributed by atoms with van der Waals surface area (Å²) < 4.78 is 5.79. The van der Waals surface area contributed by atoms with E-state index in [2.05, 4.69) is 39.2 Å². The van der Waals surface area contributed by atoms with Crippen molar-refractivity contribution in [2.45, 2.75) is 13.8 Å². The summed E-state index contributed by atoms with van der Waals surface area (Å²) in [5.74, 6) is 0. The van der Waals surface area contributed by atoms with Crippen molar-refractivity contribution in [2.75, 3.05) is 0 Å². The molecule has 0 aliphatic heterocycles. The van der Waals surface area contributed by atoms with Crippen LogP contribution in [0, 0.1) is 26.0 Å². The summed E-state index contributed by atoms with van der Waals surface area (Å²) in [5.41, 5.74) is 7.61. The minimum Gasteiger partial charge on any atom is -0.455 e. The number of aryl methyl sites for hydroxylation is 2. The molecule has 0 fully saturated rings. The molecule has 0 aliphatic carbocycles. The molecule has 34 heavy (non-hydrogen) atoms. The predicted molar refractivity (Wildman–Crippen MR) is 132 cm³/mol. The van der Waals surface area contributed by atoms with Gasteiger partial charge in [0.2, 0.25) is 0 Å². The van der Waals surface area contributed by atoms with Gasteiger partial charge in [-0.05, 0) is 35.6 Å². The molecular formula is C29H21IrN3O-2. The van der Waals surface area contributed by atoms with Gasteiger partial charge < -0.3 is 19.4 Å². The molecule has 0 saturated heterocycles. The van der Waals surface area contributed by atoms with Crippen LogP contribution in [-0.2, 0) is 20.1 Å². The van der Waals surface area contributed by atoms with Crippen LogP contribution in [0.15, 0.2) is 95.8 Å². The van der Waals surface area contributed by atoms with Gasteiger partial charge in [0.15, 0.2) is 5.58 Å². The molecule has 4 aromatic heterocycles.